The maximum absolute atomic E-state index is 2.73. The van der Waals surface area contributed by atoms with Gasteiger partial charge in [0.1, 0.15) is 0 Å². The van der Waals surface area contributed by atoms with Gasteiger partial charge in [-0.15, -0.1) is 21.6 Å². The predicted molar refractivity (Wildman–Crippen MR) is 36.7 cm³/mol. The molecule has 0 spiro atoms. The van der Waals surface area contributed by atoms with Crippen LogP contribution in [0.3, 0.4) is 0 Å². The SMILES string of the molecule is CCC(C)P.Cl. The third-order valence-corrected chi connectivity index (χ3v) is 1.12. The molecular weight excluding hydrogens is 114 g/mol. The highest BCUT2D eigenvalue weighted by Gasteiger charge is 1.80. The molecule has 0 aromatic carbocycles. The zero-order valence-electron chi connectivity index (χ0n) is 4.27. The van der Waals surface area contributed by atoms with Crippen molar-refractivity contribution in [3.8, 4) is 0 Å². The summed E-state index contributed by atoms with van der Waals surface area (Å²) in [6, 6.07) is 0. The van der Waals surface area contributed by atoms with Gasteiger partial charge in [-0.05, 0) is 5.66 Å². The van der Waals surface area contributed by atoms with Crippen LogP contribution in [-0.2, 0) is 0 Å². The largest absolute Gasteiger partial charge is 0.147 e. The third-order valence-electron chi connectivity index (χ3n) is 0.644. The quantitative estimate of drug-likeness (QED) is 0.472. The van der Waals surface area contributed by atoms with Gasteiger partial charge in [0.25, 0.3) is 0 Å². The zero-order valence-corrected chi connectivity index (χ0v) is 6.24. The molecule has 0 bridgehead atoms. The molecule has 0 aliphatic heterocycles. The molecule has 0 fully saturated rings. The van der Waals surface area contributed by atoms with E-state index in [0.29, 0.717) is 0 Å². The second-order valence-corrected chi connectivity index (χ2v) is 2.52. The molecule has 0 N–H and O–H groups in total. The average molecular weight is 127 g/mol. The third kappa shape index (κ3) is 8.83. The molecule has 2 atom stereocenters. The van der Waals surface area contributed by atoms with E-state index in [-0.39, 0.29) is 12.4 Å². The molecule has 0 saturated carbocycles. The summed E-state index contributed by atoms with van der Waals surface area (Å²) in [6.45, 7) is 4.36. The van der Waals surface area contributed by atoms with Crippen molar-refractivity contribution in [1.29, 1.82) is 0 Å². The highest BCUT2D eigenvalue weighted by Crippen LogP contribution is 1.99. The predicted octanol–water partition coefficient (Wildman–Crippen LogP) is 2.08. The van der Waals surface area contributed by atoms with Gasteiger partial charge in [0.2, 0.25) is 0 Å². The van der Waals surface area contributed by atoms with Crippen molar-refractivity contribution in [3.63, 3.8) is 0 Å². The lowest BCUT2D eigenvalue weighted by molar-refractivity contribution is 0.908. The van der Waals surface area contributed by atoms with Gasteiger partial charge in [0, 0.05) is 0 Å². The van der Waals surface area contributed by atoms with Crippen molar-refractivity contribution < 1.29 is 0 Å². The normalized spacial score (nSPS) is 12.5. The van der Waals surface area contributed by atoms with Crippen LogP contribution in [0.1, 0.15) is 20.3 Å². The van der Waals surface area contributed by atoms with E-state index in [9.17, 15) is 0 Å². The number of hydrogen-bond donors (Lipinski definition) is 0. The van der Waals surface area contributed by atoms with Crippen LogP contribution in [0.4, 0.5) is 0 Å². The Morgan fingerprint density at radius 3 is 1.83 bits per heavy atom. The first-order valence-corrected chi connectivity index (χ1v) is 2.69. The highest BCUT2D eigenvalue weighted by molar-refractivity contribution is 7.17. The van der Waals surface area contributed by atoms with Gasteiger partial charge in [-0.2, -0.15) is 0 Å². The zero-order chi connectivity index (χ0) is 4.28. The molecule has 0 heterocycles. The maximum atomic E-state index is 2.73. The molecule has 0 radical (unpaired) electrons. The molecule has 0 aliphatic carbocycles. The molecular formula is C4H12ClP. The van der Waals surface area contributed by atoms with Crippen LogP contribution in [0.5, 0.6) is 0 Å². The van der Waals surface area contributed by atoms with Gasteiger partial charge in [-0.25, -0.2) is 0 Å². The van der Waals surface area contributed by atoms with Crippen molar-refractivity contribution in [3.05, 3.63) is 0 Å². The summed E-state index contributed by atoms with van der Waals surface area (Å²) >= 11 is 0. The summed E-state index contributed by atoms with van der Waals surface area (Å²) in [5, 5.41) is 0. The van der Waals surface area contributed by atoms with Crippen LogP contribution in [-0.4, -0.2) is 5.66 Å². The lowest BCUT2D eigenvalue weighted by Gasteiger charge is -1.90. The van der Waals surface area contributed by atoms with Gasteiger partial charge >= 0.3 is 0 Å². The van der Waals surface area contributed by atoms with E-state index in [4.69, 9.17) is 0 Å². The van der Waals surface area contributed by atoms with Crippen molar-refractivity contribution >= 4 is 21.6 Å². The second kappa shape index (κ2) is 5.72. The molecule has 40 valence electrons. The van der Waals surface area contributed by atoms with Crippen LogP contribution in [0.2, 0.25) is 0 Å². The van der Waals surface area contributed by atoms with Crippen molar-refractivity contribution in [2.24, 2.45) is 0 Å². The standard InChI is InChI=1S/C4H11P.ClH/c1-3-4(2)5;/h4H,3,5H2,1-2H3;1H. The minimum absolute atomic E-state index is 0. The number of rotatable bonds is 1. The molecule has 0 rings (SSSR count). The first kappa shape index (κ1) is 9.87. The van der Waals surface area contributed by atoms with Gasteiger partial charge in [-0.1, -0.05) is 20.3 Å². The summed E-state index contributed by atoms with van der Waals surface area (Å²) in [5.41, 5.74) is 0.801. The Morgan fingerprint density at radius 2 is 1.83 bits per heavy atom. The summed E-state index contributed by atoms with van der Waals surface area (Å²) in [4.78, 5) is 0. The maximum Gasteiger partial charge on any atom is -0.0295 e. The summed E-state index contributed by atoms with van der Waals surface area (Å²) in [6.07, 6.45) is 1.27. The Labute approximate surface area is 48.3 Å². The smallest absolute Gasteiger partial charge is 0.0295 e. The van der Waals surface area contributed by atoms with Crippen LogP contribution in [0, 0.1) is 0 Å². The summed E-state index contributed by atoms with van der Waals surface area (Å²) in [7, 11) is 2.73. The van der Waals surface area contributed by atoms with Crippen LogP contribution < -0.4 is 0 Å². The number of halogens is 1. The van der Waals surface area contributed by atoms with Crippen molar-refractivity contribution in [2.45, 2.75) is 25.9 Å². The molecule has 0 nitrogen and oxygen atoms in total. The van der Waals surface area contributed by atoms with E-state index in [1.165, 1.54) is 6.42 Å². The van der Waals surface area contributed by atoms with Crippen LogP contribution in [0.15, 0.2) is 0 Å². The van der Waals surface area contributed by atoms with E-state index >= 15 is 0 Å². The molecule has 2 unspecified atom stereocenters. The van der Waals surface area contributed by atoms with E-state index < -0.39 is 0 Å². The second-order valence-electron chi connectivity index (χ2n) is 1.39. The van der Waals surface area contributed by atoms with Gasteiger partial charge in [0.15, 0.2) is 0 Å². The molecule has 0 saturated heterocycles. The Kier molecular flexibility index (Phi) is 9.41. The van der Waals surface area contributed by atoms with Gasteiger partial charge in [0.05, 0.1) is 0 Å². The lowest BCUT2D eigenvalue weighted by Crippen LogP contribution is -1.80. The minimum atomic E-state index is 0. The summed E-state index contributed by atoms with van der Waals surface area (Å²) in [5.74, 6) is 0. The van der Waals surface area contributed by atoms with Crippen LogP contribution in [0.25, 0.3) is 0 Å². The topological polar surface area (TPSA) is 0 Å². The fourth-order valence-electron chi connectivity index (χ4n) is 0. The Balaban J connectivity index is 0. The minimum Gasteiger partial charge on any atom is -0.147 e. The molecule has 0 aromatic rings. The molecule has 0 aromatic heterocycles. The first-order valence-electron chi connectivity index (χ1n) is 2.03. The molecule has 2 heteroatoms. The fraction of sp³-hybridized carbons (Fsp3) is 1.00. The first-order chi connectivity index (χ1) is 2.27. The average Bonchev–Trinajstić information content (AvgIpc) is 1.38. The van der Waals surface area contributed by atoms with Crippen molar-refractivity contribution in [2.75, 3.05) is 0 Å². The number of hydrogen-bond acceptors (Lipinski definition) is 0. The van der Waals surface area contributed by atoms with E-state index in [1.807, 2.05) is 0 Å². The van der Waals surface area contributed by atoms with E-state index in [2.05, 4.69) is 23.1 Å². The fourth-order valence-corrected chi connectivity index (χ4v) is 0. The van der Waals surface area contributed by atoms with E-state index in [0.717, 1.165) is 5.66 Å². The van der Waals surface area contributed by atoms with Crippen molar-refractivity contribution in [1.82, 2.24) is 0 Å². The van der Waals surface area contributed by atoms with Crippen LogP contribution >= 0.6 is 21.6 Å². The molecule has 0 aliphatic rings. The van der Waals surface area contributed by atoms with Gasteiger partial charge < -0.3 is 0 Å². The van der Waals surface area contributed by atoms with Gasteiger partial charge in [-0.3, -0.25) is 0 Å². The summed E-state index contributed by atoms with van der Waals surface area (Å²) < 4.78 is 0. The Bertz CT molecular complexity index is 21.5. The highest BCUT2D eigenvalue weighted by atomic mass is 35.5. The molecule has 0 amide bonds. The lowest BCUT2D eigenvalue weighted by atomic mass is 10.4. The Hall–Kier alpha value is 0.720. The monoisotopic (exact) mass is 126 g/mol. The Morgan fingerprint density at radius 1 is 1.67 bits per heavy atom. The molecule has 6 heavy (non-hydrogen) atoms. The van der Waals surface area contributed by atoms with E-state index in [1.54, 1.807) is 0 Å².